The number of imidazole rings is 1. The van der Waals surface area contributed by atoms with Gasteiger partial charge < -0.3 is 42.6 Å². The van der Waals surface area contributed by atoms with Gasteiger partial charge in [-0.2, -0.15) is 0 Å². The monoisotopic (exact) mass is 503 g/mol. The molecule has 0 fully saturated rings. The fourth-order valence-corrected chi connectivity index (χ4v) is 3.35. The number of nitrogens with one attached hydrogen (secondary N) is 4. The molecule has 0 saturated carbocycles. The standard InChI is InChI=1S/C23H33N7O6/c24-8-2-1-3-17(25)21(33)30-18(10-15-11-26-13-28-15)22(34)27-12-20(32)29-19(23(35)36)9-14-4-6-16(31)7-5-14/h4-7,11,13,17-19,31H,1-3,8-10,12,24-25H2,(H,26,28)(H,27,34)(H,29,32)(H,30,33)(H,35,36). The van der Waals surface area contributed by atoms with E-state index in [0.717, 1.165) is 6.42 Å². The zero-order valence-electron chi connectivity index (χ0n) is 19.8. The van der Waals surface area contributed by atoms with Gasteiger partial charge in [-0.15, -0.1) is 0 Å². The maximum atomic E-state index is 12.8. The van der Waals surface area contributed by atoms with Crippen LogP contribution >= 0.6 is 0 Å². The Balaban J connectivity index is 1.94. The second-order valence-electron chi connectivity index (χ2n) is 8.28. The summed E-state index contributed by atoms with van der Waals surface area (Å²) in [6.07, 6.45) is 4.78. The molecule has 0 radical (unpaired) electrons. The molecule has 3 amide bonds. The number of aliphatic carboxylic acids is 1. The number of hydrogen-bond acceptors (Lipinski definition) is 8. The highest BCUT2D eigenvalue weighted by Crippen LogP contribution is 2.11. The van der Waals surface area contributed by atoms with Gasteiger partial charge in [0.1, 0.15) is 17.8 Å². The highest BCUT2D eigenvalue weighted by molar-refractivity contribution is 5.92. The van der Waals surface area contributed by atoms with E-state index in [-0.39, 0.29) is 18.6 Å². The first-order chi connectivity index (χ1) is 17.2. The number of carbonyl (C=O) groups is 4. The quantitative estimate of drug-likeness (QED) is 0.132. The molecule has 196 valence electrons. The van der Waals surface area contributed by atoms with Crippen LogP contribution in [0, 0.1) is 0 Å². The van der Waals surface area contributed by atoms with E-state index in [1.54, 1.807) is 12.1 Å². The van der Waals surface area contributed by atoms with Crippen LogP contribution in [0.2, 0.25) is 0 Å². The average molecular weight is 504 g/mol. The minimum absolute atomic E-state index is 0.0180. The van der Waals surface area contributed by atoms with Gasteiger partial charge >= 0.3 is 5.97 Å². The summed E-state index contributed by atoms with van der Waals surface area (Å²) in [6, 6.07) is 2.80. The van der Waals surface area contributed by atoms with E-state index in [1.165, 1.54) is 24.7 Å². The molecular formula is C23H33N7O6. The summed E-state index contributed by atoms with van der Waals surface area (Å²) in [5.41, 5.74) is 12.5. The van der Waals surface area contributed by atoms with Crippen LogP contribution in [0.15, 0.2) is 36.8 Å². The number of phenolic OH excluding ortho intramolecular Hbond substituents is 1. The Bertz CT molecular complexity index is 997. The molecule has 3 unspecified atom stereocenters. The first-order valence-electron chi connectivity index (χ1n) is 11.5. The summed E-state index contributed by atoms with van der Waals surface area (Å²) in [6.45, 7) is -0.0188. The molecule has 0 aliphatic carbocycles. The zero-order valence-corrected chi connectivity index (χ0v) is 19.8. The largest absolute Gasteiger partial charge is 0.508 e. The number of carboxylic acid groups (broad SMARTS) is 1. The lowest BCUT2D eigenvalue weighted by Gasteiger charge is -2.21. The van der Waals surface area contributed by atoms with Crippen LogP contribution < -0.4 is 27.4 Å². The van der Waals surface area contributed by atoms with Crippen molar-refractivity contribution in [1.82, 2.24) is 25.9 Å². The van der Waals surface area contributed by atoms with Gasteiger partial charge in [-0.1, -0.05) is 18.6 Å². The number of rotatable bonds is 15. The van der Waals surface area contributed by atoms with Gasteiger partial charge in [0.25, 0.3) is 0 Å². The van der Waals surface area contributed by atoms with Crippen molar-refractivity contribution in [1.29, 1.82) is 0 Å². The number of nitrogens with two attached hydrogens (primary N) is 2. The molecule has 10 N–H and O–H groups in total. The number of carbonyl (C=O) groups excluding carboxylic acids is 3. The van der Waals surface area contributed by atoms with Crippen molar-refractivity contribution in [3.63, 3.8) is 0 Å². The van der Waals surface area contributed by atoms with Crippen molar-refractivity contribution in [3.8, 4) is 5.75 Å². The number of hydrogen-bond donors (Lipinski definition) is 8. The van der Waals surface area contributed by atoms with Crippen LogP contribution in [0.4, 0.5) is 0 Å². The third kappa shape index (κ3) is 9.72. The minimum Gasteiger partial charge on any atom is -0.508 e. The van der Waals surface area contributed by atoms with Crippen molar-refractivity contribution in [2.45, 2.75) is 50.2 Å². The molecule has 0 aliphatic heterocycles. The zero-order chi connectivity index (χ0) is 26.5. The third-order valence-corrected chi connectivity index (χ3v) is 5.35. The van der Waals surface area contributed by atoms with Gasteiger partial charge in [0.15, 0.2) is 0 Å². The number of nitrogens with zero attached hydrogens (tertiary/aromatic N) is 1. The molecular weight excluding hydrogens is 470 g/mol. The number of unbranched alkanes of at least 4 members (excludes halogenated alkanes) is 1. The Hall–Kier alpha value is -3.97. The van der Waals surface area contributed by atoms with Crippen LogP contribution in [-0.2, 0) is 32.0 Å². The number of amides is 3. The molecule has 1 aromatic carbocycles. The van der Waals surface area contributed by atoms with E-state index in [0.29, 0.717) is 30.6 Å². The van der Waals surface area contributed by atoms with Gasteiger partial charge in [-0.05, 0) is 37.1 Å². The van der Waals surface area contributed by atoms with Crippen molar-refractivity contribution < 1.29 is 29.4 Å². The number of benzene rings is 1. The average Bonchev–Trinajstić information content (AvgIpc) is 3.36. The number of aromatic nitrogens is 2. The summed E-state index contributed by atoms with van der Waals surface area (Å²) >= 11 is 0. The second kappa shape index (κ2) is 14.4. The topological polar surface area (TPSA) is 226 Å². The lowest BCUT2D eigenvalue weighted by molar-refractivity contribution is -0.141. The molecule has 36 heavy (non-hydrogen) atoms. The van der Waals surface area contributed by atoms with Gasteiger partial charge in [-0.3, -0.25) is 14.4 Å². The van der Waals surface area contributed by atoms with Crippen LogP contribution in [0.3, 0.4) is 0 Å². The Morgan fingerprint density at radius 3 is 2.33 bits per heavy atom. The first kappa shape index (κ1) is 28.3. The molecule has 3 atom stereocenters. The number of H-pyrrole nitrogens is 1. The summed E-state index contributed by atoms with van der Waals surface area (Å²) in [4.78, 5) is 56.0. The molecule has 0 aliphatic rings. The maximum Gasteiger partial charge on any atom is 0.326 e. The molecule has 0 saturated heterocycles. The predicted octanol–water partition coefficient (Wildman–Crippen LogP) is -1.47. The van der Waals surface area contributed by atoms with E-state index >= 15 is 0 Å². The Labute approximate surface area is 208 Å². The van der Waals surface area contributed by atoms with Gasteiger partial charge in [0.05, 0.1) is 18.9 Å². The lowest BCUT2D eigenvalue weighted by Crippen LogP contribution is -2.54. The fourth-order valence-electron chi connectivity index (χ4n) is 3.35. The molecule has 0 spiro atoms. The Morgan fingerprint density at radius 2 is 1.72 bits per heavy atom. The molecule has 1 heterocycles. The van der Waals surface area contributed by atoms with E-state index < -0.39 is 48.4 Å². The first-order valence-corrected chi connectivity index (χ1v) is 11.5. The summed E-state index contributed by atoms with van der Waals surface area (Å²) < 4.78 is 0. The van der Waals surface area contributed by atoms with Crippen LogP contribution in [0.25, 0.3) is 0 Å². The fraction of sp³-hybridized carbons (Fsp3) is 0.435. The Morgan fingerprint density at radius 1 is 1.00 bits per heavy atom. The minimum atomic E-state index is -1.25. The molecule has 13 heteroatoms. The predicted molar refractivity (Wildman–Crippen MR) is 129 cm³/mol. The van der Waals surface area contributed by atoms with Gasteiger partial charge in [0, 0.05) is 24.7 Å². The smallest absolute Gasteiger partial charge is 0.326 e. The van der Waals surface area contributed by atoms with E-state index in [4.69, 9.17) is 11.5 Å². The van der Waals surface area contributed by atoms with E-state index in [1.807, 2.05) is 0 Å². The highest BCUT2D eigenvalue weighted by atomic mass is 16.4. The molecule has 2 rings (SSSR count). The highest BCUT2D eigenvalue weighted by Gasteiger charge is 2.26. The number of phenols is 1. The molecule has 1 aromatic heterocycles. The SMILES string of the molecule is NCCCCC(N)C(=O)NC(Cc1cnc[nH]1)C(=O)NCC(=O)NC(Cc1ccc(O)cc1)C(=O)O. The van der Waals surface area contributed by atoms with Crippen molar-refractivity contribution in [3.05, 3.63) is 48.0 Å². The third-order valence-electron chi connectivity index (χ3n) is 5.35. The van der Waals surface area contributed by atoms with Crippen molar-refractivity contribution >= 4 is 23.7 Å². The molecule has 2 aromatic rings. The van der Waals surface area contributed by atoms with Crippen LogP contribution in [0.1, 0.15) is 30.5 Å². The van der Waals surface area contributed by atoms with E-state index in [9.17, 15) is 29.4 Å². The van der Waals surface area contributed by atoms with Crippen LogP contribution in [-0.4, -0.2) is 75.1 Å². The number of carboxylic acids is 1. The van der Waals surface area contributed by atoms with Crippen molar-refractivity contribution in [2.75, 3.05) is 13.1 Å². The number of aromatic amines is 1. The van der Waals surface area contributed by atoms with Crippen molar-refractivity contribution in [2.24, 2.45) is 11.5 Å². The normalized spacial score (nSPS) is 13.3. The second-order valence-corrected chi connectivity index (χ2v) is 8.28. The molecule has 13 nitrogen and oxygen atoms in total. The van der Waals surface area contributed by atoms with Crippen LogP contribution in [0.5, 0.6) is 5.75 Å². The maximum absolute atomic E-state index is 12.8. The van der Waals surface area contributed by atoms with E-state index in [2.05, 4.69) is 25.9 Å². The van der Waals surface area contributed by atoms with Gasteiger partial charge in [0.2, 0.25) is 17.7 Å². The summed E-state index contributed by atoms with van der Waals surface area (Å²) in [5.74, 6) is -3.11. The number of aromatic hydroxyl groups is 1. The summed E-state index contributed by atoms with van der Waals surface area (Å²) in [7, 11) is 0. The lowest BCUT2D eigenvalue weighted by atomic mass is 10.1. The van der Waals surface area contributed by atoms with Gasteiger partial charge in [-0.25, -0.2) is 9.78 Å². The molecule has 0 bridgehead atoms. The Kier molecular flexibility index (Phi) is 11.3. The summed E-state index contributed by atoms with van der Waals surface area (Å²) in [5, 5.41) is 26.2.